The lowest BCUT2D eigenvalue weighted by Gasteiger charge is -2.47. The van der Waals surface area contributed by atoms with Gasteiger partial charge in [-0.1, -0.05) is 32.9 Å². The maximum atomic E-state index is 14.2. The highest BCUT2D eigenvalue weighted by molar-refractivity contribution is 6.00. The zero-order valence-corrected chi connectivity index (χ0v) is 21.3. The SMILES string of the molecule is [2H]C1([2H])C[C@H](C[C@H](C(N)=O)C2(C(N)=O)C3C4C=CC(C4)C3CN2C(=O)[C@@H](NC(=O)C(F)(F)F)C(C)(C)C)C(=O)N1. The summed E-state index contributed by atoms with van der Waals surface area (Å²) in [5, 5.41) is 3.94. The number of amides is 5. The lowest BCUT2D eigenvalue weighted by molar-refractivity contribution is -0.177. The summed E-state index contributed by atoms with van der Waals surface area (Å²) in [7, 11) is 0. The molecular weight excluding hydrogens is 507 g/mol. The molecule has 2 saturated heterocycles. The fourth-order valence-corrected chi connectivity index (χ4v) is 6.99. The molecule has 210 valence electrons. The number of fused-ring (bicyclic) bond motifs is 5. The minimum absolute atomic E-state index is 0.0955. The summed E-state index contributed by atoms with van der Waals surface area (Å²) in [5.74, 6) is -10.4. The predicted octanol–water partition coefficient (Wildman–Crippen LogP) is 0.212. The predicted molar refractivity (Wildman–Crippen MR) is 127 cm³/mol. The molecule has 0 aromatic heterocycles. The zero-order valence-electron chi connectivity index (χ0n) is 23.3. The third-order valence-corrected chi connectivity index (χ3v) is 8.60. The number of rotatable bonds is 7. The second kappa shape index (κ2) is 9.26. The molecule has 1 saturated carbocycles. The van der Waals surface area contributed by atoms with E-state index in [4.69, 9.17) is 14.2 Å². The topological polar surface area (TPSA) is 165 Å². The number of nitrogens with zero attached hydrogens (tertiary/aromatic N) is 1. The van der Waals surface area contributed by atoms with Gasteiger partial charge in [-0.3, -0.25) is 24.0 Å². The van der Waals surface area contributed by atoms with Gasteiger partial charge >= 0.3 is 12.1 Å². The molecule has 10 nitrogen and oxygen atoms in total. The van der Waals surface area contributed by atoms with E-state index in [-0.39, 0.29) is 30.7 Å². The third kappa shape index (κ3) is 4.33. The van der Waals surface area contributed by atoms with E-state index in [1.165, 1.54) is 20.8 Å². The monoisotopic (exact) mass is 543 g/mol. The van der Waals surface area contributed by atoms with Crippen molar-refractivity contribution in [1.29, 1.82) is 0 Å². The van der Waals surface area contributed by atoms with Gasteiger partial charge in [0.15, 0.2) is 0 Å². The number of hydrogen-bond donors (Lipinski definition) is 4. The highest BCUT2D eigenvalue weighted by atomic mass is 19.4. The molecule has 2 bridgehead atoms. The van der Waals surface area contributed by atoms with Crippen molar-refractivity contribution in [3.05, 3.63) is 12.2 Å². The van der Waals surface area contributed by atoms with Crippen LogP contribution in [0.5, 0.6) is 0 Å². The van der Waals surface area contributed by atoms with E-state index in [2.05, 4.69) is 5.32 Å². The number of likely N-dealkylation sites (tertiary alicyclic amines) is 1. The molecule has 4 aliphatic rings. The van der Waals surface area contributed by atoms with Crippen molar-refractivity contribution < 1.29 is 39.9 Å². The molecule has 0 aromatic carbocycles. The lowest BCUT2D eigenvalue weighted by Crippen LogP contribution is -2.70. The maximum Gasteiger partial charge on any atom is 0.471 e. The molecule has 5 unspecified atom stereocenters. The Balaban J connectivity index is 1.84. The van der Waals surface area contributed by atoms with Crippen molar-refractivity contribution in [1.82, 2.24) is 15.5 Å². The number of nitrogens with two attached hydrogens (primary N) is 2. The lowest BCUT2D eigenvalue weighted by atomic mass is 9.64. The molecule has 38 heavy (non-hydrogen) atoms. The second-order valence-electron chi connectivity index (χ2n) is 11.8. The van der Waals surface area contributed by atoms with E-state index in [1.54, 1.807) is 5.32 Å². The summed E-state index contributed by atoms with van der Waals surface area (Å²) in [4.78, 5) is 66.5. The normalized spacial score (nSPS) is 35.7. The molecule has 13 heteroatoms. The van der Waals surface area contributed by atoms with Crippen LogP contribution in [0.25, 0.3) is 0 Å². The second-order valence-corrected chi connectivity index (χ2v) is 11.8. The van der Waals surface area contributed by atoms with Crippen molar-refractivity contribution in [2.45, 2.75) is 57.8 Å². The van der Waals surface area contributed by atoms with Gasteiger partial charge < -0.3 is 27.0 Å². The van der Waals surface area contributed by atoms with Crippen LogP contribution >= 0.6 is 0 Å². The van der Waals surface area contributed by atoms with Crippen LogP contribution in [0, 0.1) is 40.9 Å². The molecule has 2 aliphatic carbocycles. The molecule has 4 rings (SSSR count). The van der Waals surface area contributed by atoms with Gasteiger partial charge in [0.1, 0.15) is 11.6 Å². The average Bonchev–Trinajstić information content (AvgIpc) is 3.53. The van der Waals surface area contributed by atoms with Crippen molar-refractivity contribution in [2.24, 2.45) is 52.4 Å². The molecule has 0 radical (unpaired) electrons. The molecule has 3 fully saturated rings. The summed E-state index contributed by atoms with van der Waals surface area (Å²) >= 11 is 0. The first-order valence-corrected chi connectivity index (χ1v) is 12.5. The number of carbonyl (C=O) groups excluding carboxylic acids is 5. The molecule has 0 spiro atoms. The van der Waals surface area contributed by atoms with Gasteiger partial charge in [-0.15, -0.1) is 0 Å². The van der Waals surface area contributed by atoms with Gasteiger partial charge in [-0.25, -0.2) is 0 Å². The Bertz CT molecular complexity index is 1170. The van der Waals surface area contributed by atoms with Crippen LogP contribution in [0.1, 0.15) is 42.8 Å². The van der Waals surface area contributed by atoms with Crippen LogP contribution < -0.4 is 22.1 Å². The summed E-state index contributed by atoms with van der Waals surface area (Å²) in [5.41, 5.74) is 8.46. The zero-order chi connectivity index (χ0) is 30.2. The summed E-state index contributed by atoms with van der Waals surface area (Å²) in [6.07, 6.45) is -1.64. The van der Waals surface area contributed by atoms with E-state index in [0.29, 0.717) is 6.42 Å². The number of hydrogen-bond acceptors (Lipinski definition) is 5. The van der Waals surface area contributed by atoms with Gasteiger partial charge in [0.25, 0.3) is 0 Å². The number of nitrogens with one attached hydrogen (secondary N) is 2. The largest absolute Gasteiger partial charge is 0.471 e. The van der Waals surface area contributed by atoms with Crippen LogP contribution in [0.4, 0.5) is 13.2 Å². The Hall–Kier alpha value is -3.12. The Labute approximate surface area is 220 Å². The first-order valence-electron chi connectivity index (χ1n) is 13.5. The van der Waals surface area contributed by atoms with Gasteiger partial charge in [0.05, 0.1) is 5.92 Å². The van der Waals surface area contributed by atoms with E-state index < -0.39 is 83.4 Å². The molecule has 2 aliphatic heterocycles. The first-order chi connectivity index (χ1) is 18.2. The molecule has 2 heterocycles. The van der Waals surface area contributed by atoms with Gasteiger partial charge in [0.2, 0.25) is 23.6 Å². The van der Waals surface area contributed by atoms with E-state index in [0.717, 1.165) is 4.90 Å². The Morgan fingerprint density at radius 3 is 2.34 bits per heavy atom. The highest BCUT2D eigenvalue weighted by Crippen LogP contribution is 2.61. The number of halogens is 3. The van der Waals surface area contributed by atoms with Crippen LogP contribution in [-0.2, 0) is 24.0 Å². The summed E-state index contributed by atoms with van der Waals surface area (Å²) < 4.78 is 55.5. The van der Waals surface area contributed by atoms with E-state index >= 15 is 0 Å². The van der Waals surface area contributed by atoms with Gasteiger partial charge in [-0.05, 0) is 42.4 Å². The Kier molecular flexibility index (Phi) is 6.14. The fourth-order valence-electron chi connectivity index (χ4n) is 6.99. The fraction of sp³-hybridized carbons (Fsp3) is 0.720. The number of primary amides is 2. The van der Waals surface area contributed by atoms with E-state index in [1.807, 2.05) is 12.2 Å². The van der Waals surface area contributed by atoms with Crippen molar-refractivity contribution in [3.63, 3.8) is 0 Å². The third-order valence-electron chi connectivity index (χ3n) is 8.60. The first kappa shape index (κ1) is 25.2. The van der Waals surface area contributed by atoms with Crippen LogP contribution in [-0.4, -0.2) is 65.2 Å². The minimum atomic E-state index is -5.29. The molecule has 8 atom stereocenters. The smallest absolute Gasteiger partial charge is 0.369 e. The summed E-state index contributed by atoms with van der Waals surface area (Å²) in [6.45, 7) is 2.12. The van der Waals surface area contributed by atoms with Crippen molar-refractivity contribution in [3.8, 4) is 0 Å². The molecule has 5 amide bonds. The summed E-state index contributed by atoms with van der Waals surface area (Å²) in [6, 6.07) is -1.76. The van der Waals surface area contributed by atoms with Crippen LogP contribution in [0.3, 0.4) is 0 Å². The van der Waals surface area contributed by atoms with Crippen LogP contribution in [0.2, 0.25) is 0 Å². The Morgan fingerprint density at radius 1 is 1.21 bits per heavy atom. The molecule has 0 aromatic rings. The van der Waals surface area contributed by atoms with Crippen molar-refractivity contribution in [2.75, 3.05) is 13.0 Å². The maximum absolute atomic E-state index is 14.2. The van der Waals surface area contributed by atoms with Crippen molar-refractivity contribution >= 4 is 29.5 Å². The molecule has 6 N–H and O–H groups in total. The average molecular weight is 544 g/mol. The standard InChI is InChI=1S/C25H34F3N5O5/c1-23(2,3)17(32-22(38)25(26,27)28)20(36)33-10-14-11-4-5-12(8-11)16(14)24(33,21(30)37)15(18(29)34)9-13-6-7-31-19(13)35/h4-5,11-17H,6-10H2,1-3H3,(H2,29,34)(H2,30,37)(H,31,35)(H,32,38)/t11?,12?,13-,14?,15-,16?,17-,24?/m1/s1/i7D2. The number of carbonyl (C=O) groups is 5. The number of allylic oxidation sites excluding steroid dienone is 2. The highest BCUT2D eigenvalue weighted by Gasteiger charge is 2.70. The molecular formula is C25H34F3N5O5. The van der Waals surface area contributed by atoms with Gasteiger partial charge in [-0.2, -0.15) is 13.2 Å². The van der Waals surface area contributed by atoms with E-state index in [9.17, 15) is 37.1 Å². The quantitative estimate of drug-likeness (QED) is 0.337. The Morgan fingerprint density at radius 2 is 1.84 bits per heavy atom. The minimum Gasteiger partial charge on any atom is -0.369 e. The van der Waals surface area contributed by atoms with Gasteiger partial charge in [0, 0.05) is 27.6 Å². The van der Waals surface area contributed by atoms with Crippen LogP contribution in [0.15, 0.2) is 12.2 Å². The number of alkyl halides is 3.